The van der Waals surface area contributed by atoms with Crippen LogP contribution in [-0.4, -0.2) is 25.2 Å². The van der Waals surface area contributed by atoms with Crippen LogP contribution in [0.1, 0.15) is 75.1 Å². The number of carbonyl (C=O) groups excluding carboxylic acids is 1. The highest BCUT2D eigenvalue weighted by Crippen LogP contribution is 2.46. The third kappa shape index (κ3) is 5.64. The van der Waals surface area contributed by atoms with Crippen molar-refractivity contribution < 1.29 is 28.5 Å². The van der Waals surface area contributed by atoms with Crippen LogP contribution in [0, 0.1) is 0 Å². The first kappa shape index (κ1) is 27.5. The lowest BCUT2D eigenvalue weighted by Gasteiger charge is -2.36. The summed E-state index contributed by atoms with van der Waals surface area (Å²) >= 11 is 3.62. The van der Waals surface area contributed by atoms with Gasteiger partial charge in [-0.05, 0) is 69.4 Å². The molecule has 0 aliphatic heterocycles. The number of fused-ring (bicyclic) bond motifs is 1. The Morgan fingerprint density at radius 2 is 1.83 bits per heavy atom. The van der Waals surface area contributed by atoms with Gasteiger partial charge < -0.3 is 29.1 Å². The maximum Gasteiger partial charge on any atom is 0.291 e. The number of methoxy groups -OCH3 is 2. The van der Waals surface area contributed by atoms with E-state index in [0.29, 0.717) is 17.4 Å². The number of ether oxygens (including phenoxy) is 3. The minimum atomic E-state index is -0.562. The smallest absolute Gasteiger partial charge is 0.291 e. The minimum Gasteiger partial charge on any atom is -0.505 e. The van der Waals surface area contributed by atoms with Crippen LogP contribution in [0.2, 0.25) is 0 Å². The van der Waals surface area contributed by atoms with Crippen LogP contribution >= 0.6 is 15.9 Å². The molecule has 8 heteroatoms. The van der Waals surface area contributed by atoms with E-state index in [-0.39, 0.29) is 34.3 Å². The number of phenolic OH excluding ortho intramolecular Hbond substituents is 1. The van der Waals surface area contributed by atoms with Gasteiger partial charge in [0.1, 0.15) is 28.7 Å². The van der Waals surface area contributed by atoms with E-state index in [1.165, 1.54) is 37.5 Å². The van der Waals surface area contributed by atoms with E-state index in [0.717, 1.165) is 17.3 Å². The third-order valence-corrected chi connectivity index (χ3v) is 6.95. The van der Waals surface area contributed by atoms with Crippen molar-refractivity contribution in [3.8, 4) is 28.9 Å². The molecule has 0 fully saturated rings. The summed E-state index contributed by atoms with van der Waals surface area (Å²) in [5, 5.41) is 12.9. The van der Waals surface area contributed by atoms with E-state index in [1.807, 2.05) is 19.9 Å². The highest BCUT2D eigenvalue weighted by atomic mass is 79.9. The van der Waals surface area contributed by atoms with Gasteiger partial charge in [0.05, 0.1) is 18.7 Å². The first-order valence-corrected chi connectivity index (χ1v) is 12.8. The monoisotopic (exact) mass is 559 g/mol. The van der Waals surface area contributed by atoms with Crippen molar-refractivity contribution >= 4 is 27.5 Å². The van der Waals surface area contributed by atoms with Gasteiger partial charge in [-0.15, -0.1) is 0 Å². The first-order valence-electron chi connectivity index (χ1n) is 12.0. The predicted octanol–water partition coefficient (Wildman–Crippen LogP) is 8.01. The summed E-state index contributed by atoms with van der Waals surface area (Å²) in [6, 6.07) is 10.2. The van der Waals surface area contributed by atoms with Crippen LogP contribution in [0.25, 0.3) is 0 Å². The highest BCUT2D eigenvalue weighted by molar-refractivity contribution is 9.10. The number of aromatic hydroxyl groups is 1. The molecule has 7 nitrogen and oxygen atoms in total. The molecule has 1 aromatic heterocycles. The number of halogens is 1. The van der Waals surface area contributed by atoms with E-state index in [4.69, 9.17) is 18.6 Å². The molecule has 1 aliphatic carbocycles. The van der Waals surface area contributed by atoms with Crippen molar-refractivity contribution in [2.24, 2.45) is 0 Å². The second-order valence-corrected chi connectivity index (χ2v) is 9.95. The Kier molecular flexibility index (Phi) is 8.61. The Morgan fingerprint density at radius 1 is 1.11 bits per heavy atom. The van der Waals surface area contributed by atoms with Gasteiger partial charge in [-0.2, -0.15) is 0 Å². The zero-order valence-electron chi connectivity index (χ0n) is 21.8. The number of carbonyl (C=O) groups is 1. The SMILES string of the molecule is CC.COc1cc(O)c(NC(=O)c2ccc(Oc3cc4c(cc3Br)C(C)(C)CCC4C)o2)c(OC)c1. The van der Waals surface area contributed by atoms with Crippen molar-refractivity contribution in [3.63, 3.8) is 0 Å². The molecule has 2 N–H and O–H groups in total. The molecule has 194 valence electrons. The molecule has 4 rings (SSSR count). The molecule has 1 heterocycles. The number of amides is 1. The highest BCUT2D eigenvalue weighted by Gasteiger charge is 2.32. The van der Waals surface area contributed by atoms with Crippen molar-refractivity contribution in [2.75, 3.05) is 19.5 Å². The Morgan fingerprint density at radius 3 is 2.50 bits per heavy atom. The fraction of sp³-hybridized carbons (Fsp3) is 0.393. The molecular weight excluding hydrogens is 526 g/mol. The number of furan rings is 1. The van der Waals surface area contributed by atoms with Gasteiger partial charge in [-0.3, -0.25) is 4.79 Å². The molecule has 0 saturated carbocycles. The lowest BCUT2D eigenvalue weighted by Crippen LogP contribution is -2.25. The molecule has 0 bridgehead atoms. The summed E-state index contributed by atoms with van der Waals surface area (Å²) in [5.41, 5.74) is 2.80. The lowest BCUT2D eigenvalue weighted by atomic mass is 9.69. The standard InChI is InChI=1S/C26H28BrNO6.C2H6/c1-14-8-9-26(2,3)17-13-18(27)21(12-16(14)17)34-23-7-6-20(33-23)25(30)28-24-19(29)10-15(31-4)11-22(24)32-5;1-2/h6-7,10-14,29H,8-9H2,1-5H3,(H,28,30);1-2H3. The molecule has 3 aromatic rings. The average Bonchev–Trinajstić information content (AvgIpc) is 3.33. The maximum absolute atomic E-state index is 12.8. The molecule has 1 unspecified atom stereocenters. The van der Waals surface area contributed by atoms with Gasteiger partial charge in [-0.25, -0.2) is 0 Å². The van der Waals surface area contributed by atoms with Crippen LogP contribution in [0.3, 0.4) is 0 Å². The van der Waals surface area contributed by atoms with Gasteiger partial charge >= 0.3 is 0 Å². The fourth-order valence-corrected chi connectivity index (χ4v) is 4.69. The topological polar surface area (TPSA) is 90.2 Å². The van der Waals surface area contributed by atoms with Crippen LogP contribution in [-0.2, 0) is 5.41 Å². The van der Waals surface area contributed by atoms with Crippen molar-refractivity contribution in [1.82, 2.24) is 0 Å². The number of hydrogen-bond acceptors (Lipinski definition) is 6. The number of rotatable bonds is 6. The molecule has 1 atom stereocenters. The zero-order chi connectivity index (χ0) is 26.6. The molecule has 1 amide bonds. The quantitative estimate of drug-likeness (QED) is 0.297. The number of nitrogens with one attached hydrogen (secondary N) is 1. The van der Waals surface area contributed by atoms with Gasteiger partial charge in [0.25, 0.3) is 11.9 Å². The zero-order valence-corrected chi connectivity index (χ0v) is 23.4. The first-order chi connectivity index (χ1) is 17.1. The minimum absolute atomic E-state index is 0.0239. The number of hydrogen-bond donors (Lipinski definition) is 2. The third-order valence-electron chi connectivity index (χ3n) is 6.33. The van der Waals surface area contributed by atoms with E-state index in [1.54, 1.807) is 12.1 Å². The lowest BCUT2D eigenvalue weighted by molar-refractivity contribution is 0.0991. The van der Waals surface area contributed by atoms with Crippen LogP contribution in [0.5, 0.6) is 28.9 Å². The van der Waals surface area contributed by atoms with Gasteiger partial charge in [0.15, 0.2) is 5.76 Å². The Bertz CT molecular complexity index is 1230. The van der Waals surface area contributed by atoms with E-state index in [9.17, 15) is 9.90 Å². The van der Waals surface area contributed by atoms with E-state index in [2.05, 4.69) is 48.1 Å². The molecule has 2 aromatic carbocycles. The van der Waals surface area contributed by atoms with Gasteiger partial charge in [0, 0.05) is 18.2 Å². The van der Waals surface area contributed by atoms with Crippen molar-refractivity contribution in [2.45, 2.75) is 58.8 Å². The maximum atomic E-state index is 12.8. The summed E-state index contributed by atoms with van der Waals surface area (Å²) in [5.74, 6) is 1.16. The second-order valence-electron chi connectivity index (χ2n) is 9.09. The Labute approximate surface area is 220 Å². The molecule has 1 aliphatic rings. The Hall–Kier alpha value is -3.13. The molecule has 36 heavy (non-hydrogen) atoms. The summed E-state index contributed by atoms with van der Waals surface area (Å²) in [7, 11) is 2.90. The van der Waals surface area contributed by atoms with Gasteiger partial charge in [0.2, 0.25) is 0 Å². The fourth-order valence-electron chi connectivity index (χ4n) is 4.27. The normalized spacial score (nSPS) is 15.7. The summed E-state index contributed by atoms with van der Waals surface area (Å²) in [4.78, 5) is 12.8. The predicted molar refractivity (Wildman–Crippen MR) is 144 cm³/mol. The number of anilines is 1. The largest absolute Gasteiger partial charge is 0.505 e. The summed E-state index contributed by atoms with van der Waals surface area (Å²) < 4.78 is 22.8. The van der Waals surface area contributed by atoms with E-state index >= 15 is 0 Å². The molecule has 0 spiro atoms. The van der Waals surface area contributed by atoms with Crippen LogP contribution < -0.4 is 19.5 Å². The molecule has 0 saturated heterocycles. The van der Waals surface area contributed by atoms with Crippen molar-refractivity contribution in [3.05, 3.63) is 57.8 Å². The average molecular weight is 560 g/mol. The van der Waals surface area contributed by atoms with E-state index < -0.39 is 5.91 Å². The number of phenols is 1. The summed E-state index contributed by atoms with van der Waals surface area (Å²) in [6.45, 7) is 10.7. The molecular formula is C28H34BrNO6. The summed E-state index contributed by atoms with van der Waals surface area (Å²) in [6.07, 6.45) is 2.26. The second kappa shape index (κ2) is 11.3. The van der Waals surface area contributed by atoms with Crippen molar-refractivity contribution in [1.29, 1.82) is 0 Å². The molecule has 0 radical (unpaired) electrons. The van der Waals surface area contributed by atoms with Crippen LogP contribution in [0.15, 0.2) is 45.3 Å². The van der Waals surface area contributed by atoms with Crippen LogP contribution in [0.4, 0.5) is 5.69 Å². The Balaban J connectivity index is 0.00000176. The number of benzene rings is 2. The van der Waals surface area contributed by atoms with Gasteiger partial charge in [-0.1, -0.05) is 34.6 Å².